The second-order valence-corrected chi connectivity index (χ2v) is 14.2. The first-order valence-electron chi connectivity index (χ1n) is 18.0. The van der Waals surface area contributed by atoms with Gasteiger partial charge in [0.15, 0.2) is 0 Å². The molecule has 5 heterocycles. The summed E-state index contributed by atoms with van der Waals surface area (Å²) in [6.07, 6.45) is 0. The van der Waals surface area contributed by atoms with Gasteiger partial charge in [0, 0.05) is 54.5 Å². The summed E-state index contributed by atoms with van der Waals surface area (Å²) in [4.78, 5) is 0. The van der Waals surface area contributed by atoms with Gasteiger partial charge in [-0.15, -0.1) is 0 Å². The topological polar surface area (TPSA) is 18.7 Å². The summed E-state index contributed by atoms with van der Waals surface area (Å²) in [6.45, 7) is 0. The van der Waals surface area contributed by atoms with Crippen LogP contribution in [0.4, 0.5) is 0 Å². The van der Waals surface area contributed by atoms with Crippen molar-refractivity contribution in [3.63, 3.8) is 0 Å². The summed E-state index contributed by atoms with van der Waals surface area (Å²) in [6, 6.07) is 62.6. The van der Waals surface area contributed by atoms with Crippen LogP contribution in [0, 0.1) is 0 Å². The highest BCUT2D eigenvalue weighted by Gasteiger charge is 2.24. The number of para-hydroxylation sites is 6. The fraction of sp³-hybridized carbons (Fsp3) is 0. The lowest BCUT2D eigenvalue weighted by Crippen LogP contribution is -1.97. The van der Waals surface area contributed by atoms with Crippen LogP contribution < -0.4 is 0 Å². The molecule has 5 aromatic heterocycles. The largest absolute Gasteiger partial charge is 0.309 e. The number of rotatable bonds is 2. The molecule has 0 saturated heterocycles. The number of benzene rings is 8. The summed E-state index contributed by atoms with van der Waals surface area (Å²) in [5.74, 6) is 0. The van der Waals surface area contributed by atoms with Crippen molar-refractivity contribution in [2.45, 2.75) is 0 Å². The fourth-order valence-electron chi connectivity index (χ4n) is 9.59. The maximum absolute atomic E-state index is 2.53. The number of fused-ring (bicyclic) bond motifs is 14. The minimum atomic E-state index is 1.17. The molecule has 0 aliphatic heterocycles. The van der Waals surface area contributed by atoms with E-state index in [2.05, 4.69) is 188 Å². The quantitative estimate of drug-likeness (QED) is 0.164. The average Bonchev–Trinajstić information content (AvgIpc) is 3.92. The molecule has 0 aliphatic carbocycles. The third-order valence-electron chi connectivity index (χ3n) is 11.6. The number of hydrogen-bond donors (Lipinski definition) is 0. The van der Waals surface area contributed by atoms with E-state index >= 15 is 0 Å². The molecule has 8 aromatic carbocycles. The standard InChI is InChI=1S/C48H28N4/c1-3-13-29(14-4-1)49-39-21-9-7-17-31(39)35-25-37-33-19-11-24-42-47(33)51(45(37)27-43(35)49)41-23-12-20-34-38-26-36-32-18-8-10-22-40(32)50(30-15-5-2-6-16-30)44(36)28-46(38)52(42)48(34)41/h1-28H. The first kappa shape index (κ1) is 26.8. The van der Waals surface area contributed by atoms with Crippen molar-refractivity contribution < 1.29 is 0 Å². The minimum absolute atomic E-state index is 1.17. The van der Waals surface area contributed by atoms with Crippen molar-refractivity contribution >= 4 is 98.3 Å². The van der Waals surface area contributed by atoms with E-state index in [1.54, 1.807) is 0 Å². The van der Waals surface area contributed by atoms with E-state index < -0.39 is 0 Å². The van der Waals surface area contributed by atoms with E-state index in [4.69, 9.17) is 0 Å². The molecule has 0 fully saturated rings. The zero-order valence-corrected chi connectivity index (χ0v) is 28.0. The van der Waals surface area contributed by atoms with Crippen molar-refractivity contribution in [2.24, 2.45) is 0 Å². The molecule has 0 unspecified atom stereocenters. The van der Waals surface area contributed by atoms with Crippen LogP contribution in [0.2, 0.25) is 0 Å². The lowest BCUT2D eigenvalue weighted by Gasteiger charge is -2.12. The van der Waals surface area contributed by atoms with Crippen LogP contribution in [0.3, 0.4) is 0 Å². The molecule has 13 rings (SSSR count). The van der Waals surface area contributed by atoms with Crippen LogP contribution in [0.5, 0.6) is 0 Å². The lowest BCUT2D eigenvalue weighted by atomic mass is 10.1. The molecule has 4 nitrogen and oxygen atoms in total. The van der Waals surface area contributed by atoms with Gasteiger partial charge in [-0.1, -0.05) is 97.1 Å². The molecule has 0 aliphatic rings. The van der Waals surface area contributed by atoms with Crippen molar-refractivity contribution in [1.82, 2.24) is 17.9 Å². The summed E-state index contributed by atoms with van der Waals surface area (Å²) in [5.41, 5.74) is 14.6. The highest BCUT2D eigenvalue weighted by atomic mass is 15.0. The van der Waals surface area contributed by atoms with Gasteiger partial charge < -0.3 is 17.9 Å². The maximum Gasteiger partial charge on any atom is 0.0783 e. The third kappa shape index (κ3) is 3.15. The van der Waals surface area contributed by atoms with Gasteiger partial charge in [0.1, 0.15) is 0 Å². The molecule has 0 atom stereocenters. The van der Waals surface area contributed by atoms with Crippen LogP contribution in [-0.2, 0) is 0 Å². The fourth-order valence-corrected chi connectivity index (χ4v) is 9.59. The SMILES string of the molecule is c1ccc(-n2c3ccccc3c3cc4c5cccc6c5n(c4cc32)c2cccc3c4cc5c7ccccc7n(-c7ccccc7)c5cc4n6c32)cc1. The van der Waals surface area contributed by atoms with Crippen LogP contribution in [0.15, 0.2) is 170 Å². The molecule has 0 N–H and O–H groups in total. The zero-order chi connectivity index (χ0) is 33.7. The molecular weight excluding hydrogens is 633 g/mol. The average molecular weight is 661 g/mol. The van der Waals surface area contributed by atoms with Gasteiger partial charge in [0.25, 0.3) is 0 Å². The van der Waals surface area contributed by atoms with E-state index in [1.165, 1.54) is 110 Å². The molecule has 0 radical (unpaired) electrons. The van der Waals surface area contributed by atoms with Gasteiger partial charge in [0.2, 0.25) is 0 Å². The molecule has 0 spiro atoms. The Hall–Kier alpha value is -7.04. The molecule has 13 aromatic rings. The van der Waals surface area contributed by atoms with Crippen LogP contribution in [-0.4, -0.2) is 17.9 Å². The Morgan fingerprint density at radius 2 is 0.596 bits per heavy atom. The van der Waals surface area contributed by atoms with E-state index in [-0.39, 0.29) is 0 Å². The Morgan fingerprint density at radius 3 is 1.06 bits per heavy atom. The highest BCUT2D eigenvalue weighted by molar-refractivity contribution is 6.26. The first-order valence-corrected chi connectivity index (χ1v) is 18.0. The lowest BCUT2D eigenvalue weighted by molar-refractivity contribution is 1.18. The normalized spacial score (nSPS) is 12.6. The predicted octanol–water partition coefficient (Wildman–Crippen LogP) is 12.4. The van der Waals surface area contributed by atoms with Gasteiger partial charge in [-0.25, -0.2) is 0 Å². The van der Waals surface area contributed by atoms with Crippen molar-refractivity contribution in [2.75, 3.05) is 0 Å². The molecule has 4 heteroatoms. The zero-order valence-electron chi connectivity index (χ0n) is 28.0. The number of hydrogen-bond acceptors (Lipinski definition) is 0. The Balaban J connectivity index is 1.23. The summed E-state index contributed by atoms with van der Waals surface area (Å²) in [7, 11) is 0. The van der Waals surface area contributed by atoms with Gasteiger partial charge in [-0.05, 0) is 72.8 Å². The molecule has 240 valence electrons. The van der Waals surface area contributed by atoms with Crippen LogP contribution in [0.25, 0.3) is 110 Å². The summed E-state index contributed by atoms with van der Waals surface area (Å²) < 4.78 is 9.92. The van der Waals surface area contributed by atoms with E-state index in [1.807, 2.05) is 0 Å². The van der Waals surface area contributed by atoms with E-state index in [9.17, 15) is 0 Å². The Kier molecular flexibility index (Phi) is 4.83. The van der Waals surface area contributed by atoms with Gasteiger partial charge in [0.05, 0.1) is 55.2 Å². The van der Waals surface area contributed by atoms with Crippen molar-refractivity contribution in [1.29, 1.82) is 0 Å². The Morgan fingerprint density at radius 1 is 0.231 bits per heavy atom. The number of aromatic nitrogens is 4. The molecule has 0 saturated carbocycles. The van der Waals surface area contributed by atoms with E-state index in [0.29, 0.717) is 0 Å². The first-order chi connectivity index (χ1) is 25.8. The minimum Gasteiger partial charge on any atom is -0.309 e. The monoisotopic (exact) mass is 660 g/mol. The van der Waals surface area contributed by atoms with Gasteiger partial charge in [-0.3, -0.25) is 0 Å². The molecular formula is C48H28N4. The Labute approximate surface area is 296 Å². The van der Waals surface area contributed by atoms with E-state index in [0.717, 1.165) is 0 Å². The second-order valence-electron chi connectivity index (χ2n) is 14.2. The Bertz CT molecular complexity index is 3370. The van der Waals surface area contributed by atoms with Crippen molar-refractivity contribution in [3.05, 3.63) is 170 Å². The second kappa shape index (κ2) is 9.39. The molecule has 0 amide bonds. The summed E-state index contributed by atoms with van der Waals surface area (Å²) in [5, 5.41) is 10.2. The number of nitrogens with zero attached hydrogens (tertiary/aromatic N) is 4. The van der Waals surface area contributed by atoms with Crippen LogP contribution >= 0.6 is 0 Å². The third-order valence-corrected chi connectivity index (χ3v) is 11.6. The van der Waals surface area contributed by atoms with Crippen molar-refractivity contribution in [3.8, 4) is 11.4 Å². The predicted molar refractivity (Wildman–Crippen MR) is 218 cm³/mol. The molecule has 0 bridgehead atoms. The maximum atomic E-state index is 2.53. The smallest absolute Gasteiger partial charge is 0.0783 e. The van der Waals surface area contributed by atoms with Gasteiger partial charge in [-0.2, -0.15) is 0 Å². The molecule has 52 heavy (non-hydrogen) atoms. The van der Waals surface area contributed by atoms with Gasteiger partial charge >= 0.3 is 0 Å². The van der Waals surface area contributed by atoms with Crippen LogP contribution in [0.1, 0.15) is 0 Å². The highest BCUT2D eigenvalue weighted by Crippen LogP contribution is 2.45. The summed E-state index contributed by atoms with van der Waals surface area (Å²) >= 11 is 0.